The third-order valence-electron chi connectivity index (χ3n) is 7.29. The molecule has 1 aromatic heterocycles. The second kappa shape index (κ2) is 8.70. The molecule has 7 heteroatoms. The molecule has 0 radical (unpaired) electrons. The van der Waals surface area contributed by atoms with Gasteiger partial charge in [-0.2, -0.15) is 0 Å². The molecular weight excluding hydrogens is 430 g/mol. The SMILES string of the molecule is COc1cccc(CN2C(=O)c3cc4ccc(OC)cc4n3C[C@]2(C)C(=O)NC2CCCC2)c1. The molecule has 0 saturated heterocycles. The van der Waals surface area contributed by atoms with Crippen LogP contribution in [-0.2, 0) is 17.9 Å². The maximum atomic E-state index is 13.9. The van der Waals surface area contributed by atoms with Crippen LogP contribution in [0.2, 0.25) is 0 Å². The molecule has 1 fully saturated rings. The average molecular weight is 462 g/mol. The lowest BCUT2D eigenvalue weighted by atomic mass is 9.93. The van der Waals surface area contributed by atoms with Crippen LogP contribution in [0.3, 0.4) is 0 Å². The van der Waals surface area contributed by atoms with Crippen LogP contribution in [0.4, 0.5) is 0 Å². The smallest absolute Gasteiger partial charge is 0.271 e. The molecule has 2 amide bonds. The summed E-state index contributed by atoms with van der Waals surface area (Å²) in [5, 5.41) is 4.20. The summed E-state index contributed by atoms with van der Waals surface area (Å²) < 4.78 is 12.8. The number of nitrogens with zero attached hydrogens (tertiary/aromatic N) is 2. The molecule has 34 heavy (non-hydrogen) atoms. The zero-order valence-corrected chi connectivity index (χ0v) is 20.0. The summed E-state index contributed by atoms with van der Waals surface area (Å²) in [5.41, 5.74) is 1.34. The van der Waals surface area contributed by atoms with Gasteiger partial charge >= 0.3 is 0 Å². The van der Waals surface area contributed by atoms with E-state index in [1.165, 1.54) is 0 Å². The fourth-order valence-electron chi connectivity index (χ4n) is 5.27. The van der Waals surface area contributed by atoms with Gasteiger partial charge in [0.2, 0.25) is 5.91 Å². The standard InChI is InChI=1S/C27H31N3O4/c1-27(26(32)28-20-8-4-5-9-20)17-29-23-15-22(34-3)12-11-19(23)14-24(29)25(31)30(27)16-18-7-6-10-21(13-18)33-2/h6-7,10-15,20H,4-5,8-9,16-17H2,1-3H3,(H,28,32)/t27-/m1/s1. The van der Waals surface area contributed by atoms with E-state index in [1.807, 2.05) is 60.0 Å². The van der Waals surface area contributed by atoms with Crippen molar-refractivity contribution in [1.29, 1.82) is 0 Å². The van der Waals surface area contributed by atoms with Crippen molar-refractivity contribution in [2.24, 2.45) is 0 Å². The Labute approximate surface area is 199 Å². The van der Waals surface area contributed by atoms with E-state index in [-0.39, 0.29) is 17.9 Å². The molecule has 0 spiro atoms. The molecule has 178 valence electrons. The molecule has 1 saturated carbocycles. The number of rotatable bonds is 6. The number of carbonyl (C=O) groups excluding carboxylic acids is 2. The molecule has 1 aliphatic heterocycles. The molecule has 2 aromatic carbocycles. The lowest BCUT2D eigenvalue weighted by Crippen LogP contribution is -2.64. The molecule has 0 unspecified atom stereocenters. The third-order valence-corrected chi connectivity index (χ3v) is 7.29. The Hall–Kier alpha value is -3.48. The van der Waals surface area contributed by atoms with E-state index in [0.717, 1.165) is 53.6 Å². The van der Waals surface area contributed by atoms with Crippen molar-refractivity contribution in [1.82, 2.24) is 14.8 Å². The van der Waals surface area contributed by atoms with E-state index < -0.39 is 5.54 Å². The van der Waals surface area contributed by atoms with Gasteiger partial charge in [-0.3, -0.25) is 9.59 Å². The number of amides is 2. The van der Waals surface area contributed by atoms with Crippen LogP contribution in [0.1, 0.15) is 48.7 Å². The topological polar surface area (TPSA) is 72.8 Å². The van der Waals surface area contributed by atoms with Gasteiger partial charge in [-0.05, 0) is 55.7 Å². The Bertz CT molecular complexity index is 1240. The van der Waals surface area contributed by atoms with Crippen LogP contribution in [0, 0.1) is 0 Å². The van der Waals surface area contributed by atoms with Gasteiger partial charge in [-0.25, -0.2) is 0 Å². The van der Waals surface area contributed by atoms with E-state index >= 15 is 0 Å². The second-order valence-electron chi connectivity index (χ2n) is 9.51. The summed E-state index contributed by atoms with van der Waals surface area (Å²) in [5.74, 6) is 1.18. The minimum Gasteiger partial charge on any atom is -0.497 e. The number of fused-ring (bicyclic) bond motifs is 3. The van der Waals surface area contributed by atoms with Gasteiger partial charge in [0.05, 0.1) is 26.3 Å². The highest BCUT2D eigenvalue weighted by Gasteiger charge is 2.48. The molecule has 2 heterocycles. The average Bonchev–Trinajstić information content (AvgIpc) is 3.49. The number of ether oxygens (including phenoxy) is 2. The predicted octanol–water partition coefficient (Wildman–Crippen LogP) is 4.13. The predicted molar refractivity (Wildman–Crippen MR) is 130 cm³/mol. The van der Waals surface area contributed by atoms with E-state index in [1.54, 1.807) is 19.1 Å². The summed E-state index contributed by atoms with van der Waals surface area (Å²) >= 11 is 0. The number of nitrogens with one attached hydrogen (secondary N) is 1. The monoisotopic (exact) mass is 461 g/mol. The molecule has 1 atom stereocenters. The fourth-order valence-corrected chi connectivity index (χ4v) is 5.27. The minimum absolute atomic E-state index is 0.106. The van der Waals surface area contributed by atoms with Gasteiger partial charge in [-0.1, -0.05) is 25.0 Å². The van der Waals surface area contributed by atoms with Gasteiger partial charge in [0.1, 0.15) is 22.7 Å². The number of benzene rings is 2. The van der Waals surface area contributed by atoms with Crippen molar-refractivity contribution < 1.29 is 19.1 Å². The van der Waals surface area contributed by atoms with E-state index in [2.05, 4.69) is 5.32 Å². The highest BCUT2D eigenvalue weighted by molar-refractivity contribution is 6.03. The lowest BCUT2D eigenvalue weighted by molar-refractivity contribution is -0.133. The van der Waals surface area contributed by atoms with Crippen LogP contribution >= 0.6 is 0 Å². The van der Waals surface area contributed by atoms with Crippen LogP contribution in [0.25, 0.3) is 10.9 Å². The summed E-state index contributed by atoms with van der Waals surface area (Å²) in [4.78, 5) is 29.4. The van der Waals surface area contributed by atoms with E-state index in [0.29, 0.717) is 18.8 Å². The van der Waals surface area contributed by atoms with Gasteiger partial charge in [0.25, 0.3) is 5.91 Å². The van der Waals surface area contributed by atoms with Crippen LogP contribution in [0.5, 0.6) is 11.5 Å². The number of hydrogen-bond donors (Lipinski definition) is 1. The van der Waals surface area contributed by atoms with Gasteiger partial charge in [-0.15, -0.1) is 0 Å². The van der Waals surface area contributed by atoms with Crippen molar-refractivity contribution in [3.63, 3.8) is 0 Å². The Balaban J connectivity index is 1.58. The largest absolute Gasteiger partial charge is 0.497 e. The normalized spacial score (nSPS) is 20.4. The first-order valence-electron chi connectivity index (χ1n) is 11.9. The molecule has 5 rings (SSSR count). The van der Waals surface area contributed by atoms with Crippen molar-refractivity contribution in [3.05, 3.63) is 59.8 Å². The zero-order chi connectivity index (χ0) is 23.9. The number of aromatic nitrogens is 1. The Morgan fingerprint density at radius 3 is 2.53 bits per heavy atom. The van der Waals surface area contributed by atoms with E-state index in [9.17, 15) is 9.59 Å². The molecule has 0 bridgehead atoms. The Morgan fingerprint density at radius 2 is 1.79 bits per heavy atom. The molecule has 1 aliphatic carbocycles. The summed E-state index contributed by atoms with van der Waals surface area (Å²) in [6.07, 6.45) is 4.22. The highest BCUT2D eigenvalue weighted by atomic mass is 16.5. The first kappa shape index (κ1) is 22.3. The van der Waals surface area contributed by atoms with Crippen LogP contribution in [0.15, 0.2) is 48.5 Å². The second-order valence-corrected chi connectivity index (χ2v) is 9.51. The van der Waals surface area contributed by atoms with Crippen molar-refractivity contribution in [2.75, 3.05) is 14.2 Å². The Morgan fingerprint density at radius 1 is 1.06 bits per heavy atom. The number of hydrogen-bond acceptors (Lipinski definition) is 4. The number of carbonyl (C=O) groups is 2. The van der Waals surface area contributed by atoms with Gasteiger partial charge < -0.3 is 24.3 Å². The van der Waals surface area contributed by atoms with Crippen LogP contribution < -0.4 is 14.8 Å². The molecule has 7 nitrogen and oxygen atoms in total. The zero-order valence-electron chi connectivity index (χ0n) is 20.0. The minimum atomic E-state index is -1.05. The van der Waals surface area contributed by atoms with Crippen molar-refractivity contribution >= 4 is 22.7 Å². The summed E-state index contributed by atoms with van der Waals surface area (Å²) in [6, 6.07) is 15.5. The Kier molecular flexibility index (Phi) is 5.71. The maximum absolute atomic E-state index is 13.9. The summed E-state index contributed by atoms with van der Waals surface area (Å²) in [7, 11) is 3.25. The molecule has 1 N–H and O–H groups in total. The van der Waals surface area contributed by atoms with Crippen LogP contribution in [-0.4, -0.2) is 47.1 Å². The fraction of sp³-hybridized carbons (Fsp3) is 0.407. The van der Waals surface area contributed by atoms with E-state index in [4.69, 9.17) is 9.47 Å². The summed E-state index contributed by atoms with van der Waals surface area (Å²) in [6.45, 7) is 2.56. The first-order valence-corrected chi connectivity index (χ1v) is 11.9. The van der Waals surface area contributed by atoms with Gasteiger partial charge in [0.15, 0.2) is 0 Å². The first-order chi connectivity index (χ1) is 16.4. The third kappa shape index (κ3) is 3.79. The molecule has 2 aliphatic rings. The quantitative estimate of drug-likeness (QED) is 0.599. The van der Waals surface area contributed by atoms with Gasteiger partial charge in [0, 0.05) is 24.0 Å². The van der Waals surface area contributed by atoms with Crippen molar-refractivity contribution in [3.8, 4) is 11.5 Å². The maximum Gasteiger partial charge on any atom is 0.271 e. The molecular formula is C27H31N3O4. The lowest BCUT2D eigenvalue weighted by Gasteiger charge is -2.44. The molecule has 3 aromatic rings. The highest BCUT2D eigenvalue weighted by Crippen LogP contribution is 2.35. The number of methoxy groups -OCH3 is 2. The van der Waals surface area contributed by atoms with Crippen molar-refractivity contribution in [2.45, 2.75) is 57.3 Å².